The predicted molar refractivity (Wildman–Crippen MR) is 124 cm³/mol. The Morgan fingerprint density at radius 1 is 0.903 bits per heavy atom. The van der Waals surface area contributed by atoms with E-state index < -0.39 is 0 Å². The molecule has 6 nitrogen and oxygen atoms in total. The molecular weight excluding hydrogens is 456 g/mol. The van der Waals surface area contributed by atoms with Gasteiger partial charge in [-0.3, -0.25) is 14.5 Å². The molecule has 0 aliphatic carbocycles. The van der Waals surface area contributed by atoms with Crippen LogP contribution in [0.2, 0.25) is 0 Å². The Hall–Kier alpha value is -3.58. The van der Waals surface area contributed by atoms with E-state index in [1.54, 1.807) is 29.3 Å². The predicted octanol–water partition coefficient (Wildman–Crippen LogP) is 4.30. The maximum atomic E-state index is 13.2. The highest BCUT2D eigenvalue weighted by Gasteiger charge is 2.19. The number of amides is 1. The fourth-order valence-electron chi connectivity index (χ4n) is 3.13. The highest BCUT2D eigenvalue weighted by molar-refractivity contribution is 9.10. The highest BCUT2D eigenvalue weighted by Crippen LogP contribution is 2.19. The van der Waals surface area contributed by atoms with Gasteiger partial charge in [-0.05, 0) is 35.9 Å². The lowest BCUT2D eigenvalue weighted by Crippen LogP contribution is -2.37. The average Bonchev–Trinajstić information content (AvgIpc) is 2.81. The number of pyridine rings is 1. The lowest BCUT2D eigenvalue weighted by molar-refractivity contribution is -0.119. The summed E-state index contributed by atoms with van der Waals surface area (Å²) in [5.74, 6) is 0.249. The quantitative estimate of drug-likeness (QED) is 0.417. The van der Waals surface area contributed by atoms with Crippen LogP contribution in [0.5, 0.6) is 0 Å². The van der Waals surface area contributed by atoms with E-state index in [2.05, 4.69) is 26.0 Å². The summed E-state index contributed by atoms with van der Waals surface area (Å²) >= 11 is 3.41. The molecule has 0 aliphatic rings. The van der Waals surface area contributed by atoms with E-state index in [0.29, 0.717) is 18.1 Å². The largest absolute Gasteiger partial charge is 0.291 e. The molecule has 1 amide bonds. The molecule has 0 atom stereocenters. The van der Waals surface area contributed by atoms with Crippen molar-refractivity contribution in [2.45, 2.75) is 13.1 Å². The Bertz CT molecular complexity index is 1230. The molecule has 0 N–H and O–H groups in total. The van der Waals surface area contributed by atoms with Crippen molar-refractivity contribution < 1.29 is 4.79 Å². The first-order chi connectivity index (χ1) is 15.1. The number of carbonyl (C=O) groups excluding carboxylic acids is 1. The van der Waals surface area contributed by atoms with Crippen molar-refractivity contribution in [1.82, 2.24) is 14.8 Å². The third kappa shape index (κ3) is 5.13. The van der Waals surface area contributed by atoms with E-state index in [-0.39, 0.29) is 18.0 Å². The molecule has 0 saturated carbocycles. The topological polar surface area (TPSA) is 68.1 Å². The minimum absolute atomic E-state index is 0.188. The monoisotopic (exact) mass is 474 g/mol. The number of halogens is 1. The van der Waals surface area contributed by atoms with Crippen LogP contribution in [0.4, 0.5) is 5.82 Å². The van der Waals surface area contributed by atoms with Gasteiger partial charge in [0.15, 0.2) is 0 Å². The van der Waals surface area contributed by atoms with E-state index in [1.165, 1.54) is 10.7 Å². The third-order valence-electron chi connectivity index (χ3n) is 4.70. The van der Waals surface area contributed by atoms with Crippen LogP contribution in [0.1, 0.15) is 5.56 Å². The van der Waals surface area contributed by atoms with E-state index in [1.807, 2.05) is 60.7 Å². The Labute approximate surface area is 187 Å². The molecule has 4 aromatic rings. The van der Waals surface area contributed by atoms with E-state index in [9.17, 15) is 9.59 Å². The molecule has 2 heterocycles. The smallest absolute Gasteiger partial charge is 0.267 e. The number of anilines is 1. The van der Waals surface area contributed by atoms with Gasteiger partial charge in [-0.15, -0.1) is 0 Å². The lowest BCUT2D eigenvalue weighted by atomic mass is 10.1. The molecule has 2 aromatic carbocycles. The lowest BCUT2D eigenvalue weighted by Gasteiger charge is -2.22. The summed E-state index contributed by atoms with van der Waals surface area (Å²) < 4.78 is 2.15. The second-order valence-electron chi connectivity index (χ2n) is 6.87. The summed E-state index contributed by atoms with van der Waals surface area (Å²) in [6.45, 7) is 0.157. The zero-order chi connectivity index (χ0) is 21.6. The molecule has 4 rings (SSSR count). The number of hydrogen-bond donors (Lipinski definition) is 0. The maximum absolute atomic E-state index is 13.2. The van der Waals surface area contributed by atoms with Gasteiger partial charge in [0, 0.05) is 22.3 Å². The molecule has 0 aliphatic heterocycles. The standard InChI is InChI=1S/C24H19BrN4O2/c25-20-11-9-19(10-12-20)21-13-14-23(30)29(27-21)17-24(31)28(22-8-4-5-15-26-22)16-18-6-2-1-3-7-18/h1-15H,16-17H2. The molecule has 0 saturated heterocycles. The van der Waals surface area contributed by atoms with Gasteiger partial charge in [0.05, 0.1) is 12.2 Å². The first-order valence-corrected chi connectivity index (χ1v) is 10.5. The van der Waals surface area contributed by atoms with Crippen molar-refractivity contribution in [2.75, 3.05) is 4.90 Å². The number of rotatable bonds is 6. The van der Waals surface area contributed by atoms with E-state index >= 15 is 0 Å². The van der Waals surface area contributed by atoms with Crippen LogP contribution in [0, 0.1) is 0 Å². The van der Waals surface area contributed by atoms with Crippen LogP contribution in [-0.4, -0.2) is 20.7 Å². The van der Waals surface area contributed by atoms with Crippen LogP contribution in [-0.2, 0) is 17.9 Å². The number of hydrogen-bond acceptors (Lipinski definition) is 4. The van der Waals surface area contributed by atoms with Gasteiger partial charge in [-0.2, -0.15) is 5.10 Å². The Morgan fingerprint density at radius 2 is 1.65 bits per heavy atom. The minimum atomic E-state index is -0.338. The summed E-state index contributed by atoms with van der Waals surface area (Å²) in [5.41, 5.74) is 2.10. The van der Waals surface area contributed by atoms with E-state index in [4.69, 9.17) is 0 Å². The average molecular weight is 475 g/mol. The number of benzene rings is 2. The molecule has 0 radical (unpaired) electrons. The number of aromatic nitrogens is 3. The van der Waals surface area contributed by atoms with Crippen molar-refractivity contribution in [3.05, 3.63) is 112 Å². The minimum Gasteiger partial charge on any atom is -0.291 e. The molecule has 0 fully saturated rings. The summed E-state index contributed by atoms with van der Waals surface area (Å²) in [5, 5.41) is 4.42. The van der Waals surface area contributed by atoms with Gasteiger partial charge in [0.25, 0.3) is 5.56 Å². The first-order valence-electron chi connectivity index (χ1n) is 9.69. The van der Waals surface area contributed by atoms with Gasteiger partial charge in [0.1, 0.15) is 12.4 Å². The summed E-state index contributed by atoms with van der Waals surface area (Å²) in [6, 6.07) is 25.8. The van der Waals surface area contributed by atoms with Gasteiger partial charge in [0.2, 0.25) is 5.91 Å². The maximum Gasteiger partial charge on any atom is 0.267 e. The highest BCUT2D eigenvalue weighted by atomic mass is 79.9. The van der Waals surface area contributed by atoms with Crippen LogP contribution in [0.3, 0.4) is 0 Å². The Kier molecular flexibility index (Phi) is 6.33. The fourth-order valence-corrected chi connectivity index (χ4v) is 3.39. The fraction of sp³-hybridized carbons (Fsp3) is 0.0833. The second-order valence-corrected chi connectivity index (χ2v) is 7.79. The molecule has 31 heavy (non-hydrogen) atoms. The Morgan fingerprint density at radius 3 is 2.35 bits per heavy atom. The molecule has 7 heteroatoms. The summed E-state index contributed by atoms with van der Waals surface area (Å²) in [4.78, 5) is 31.6. The van der Waals surface area contributed by atoms with Crippen LogP contribution >= 0.6 is 15.9 Å². The zero-order valence-corrected chi connectivity index (χ0v) is 18.1. The van der Waals surface area contributed by atoms with Crippen molar-refractivity contribution in [2.24, 2.45) is 0 Å². The van der Waals surface area contributed by atoms with Crippen molar-refractivity contribution in [3.63, 3.8) is 0 Å². The molecule has 154 valence electrons. The van der Waals surface area contributed by atoms with Gasteiger partial charge in [-0.25, -0.2) is 9.67 Å². The molecule has 0 unspecified atom stereocenters. The van der Waals surface area contributed by atoms with Gasteiger partial charge in [-0.1, -0.05) is 64.5 Å². The summed E-state index contributed by atoms with van der Waals surface area (Å²) in [7, 11) is 0. The van der Waals surface area contributed by atoms with Crippen molar-refractivity contribution >= 4 is 27.7 Å². The second kappa shape index (κ2) is 9.49. The van der Waals surface area contributed by atoms with Gasteiger partial charge >= 0.3 is 0 Å². The SMILES string of the molecule is O=C(Cn1nc(-c2ccc(Br)cc2)ccc1=O)N(Cc1ccccc1)c1ccccn1. The summed E-state index contributed by atoms with van der Waals surface area (Å²) in [6.07, 6.45) is 1.64. The molecular formula is C24H19BrN4O2. The normalized spacial score (nSPS) is 10.6. The number of carbonyl (C=O) groups is 1. The van der Waals surface area contributed by atoms with Crippen molar-refractivity contribution in [3.8, 4) is 11.3 Å². The van der Waals surface area contributed by atoms with Crippen LogP contribution in [0.25, 0.3) is 11.3 Å². The third-order valence-corrected chi connectivity index (χ3v) is 5.23. The van der Waals surface area contributed by atoms with Crippen LogP contribution < -0.4 is 10.5 Å². The van der Waals surface area contributed by atoms with Crippen molar-refractivity contribution in [1.29, 1.82) is 0 Å². The van der Waals surface area contributed by atoms with Gasteiger partial charge < -0.3 is 0 Å². The van der Waals surface area contributed by atoms with E-state index in [0.717, 1.165) is 15.6 Å². The number of nitrogens with zero attached hydrogens (tertiary/aromatic N) is 4. The Balaban J connectivity index is 1.63. The molecule has 2 aromatic heterocycles. The zero-order valence-electron chi connectivity index (χ0n) is 16.6. The molecule has 0 spiro atoms. The first kappa shape index (κ1) is 20.7. The molecule has 0 bridgehead atoms. The van der Waals surface area contributed by atoms with Crippen LogP contribution in [0.15, 0.2) is 100 Å².